The van der Waals surface area contributed by atoms with Gasteiger partial charge in [0.25, 0.3) is 0 Å². The molecule has 0 aliphatic carbocycles. The molecule has 136 valence electrons. The molecule has 0 rings (SSSR count). The highest BCUT2D eigenvalue weighted by molar-refractivity contribution is 6.17. The van der Waals surface area contributed by atoms with Crippen LogP contribution in [0.25, 0.3) is 0 Å². The molecule has 0 fully saturated rings. The Kier molecular flexibility index (Phi) is 7.06. The first-order valence-electron chi connectivity index (χ1n) is 6.88. The summed E-state index contributed by atoms with van der Waals surface area (Å²) < 4.78 is 0. The molecule has 0 saturated heterocycles. The zero-order chi connectivity index (χ0) is 19.5. The topological polar surface area (TPSA) is 178 Å². The fourth-order valence-electron chi connectivity index (χ4n) is 2.22. The van der Waals surface area contributed by atoms with Crippen LogP contribution in [0.2, 0.25) is 0 Å². The van der Waals surface area contributed by atoms with E-state index in [4.69, 9.17) is 0 Å². The minimum Gasteiger partial charge on any atom is -0.390 e. The van der Waals surface area contributed by atoms with Crippen LogP contribution in [0.4, 0.5) is 0 Å². The lowest BCUT2D eigenvalue weighted by molar-refractivity contribution is -0.196. The van der Waals surface area contributed by atoms with Crippen molar-refractivity contribution in [1.82, 2.24) is 5.32 Å². The van der Waals surface area contributed by atoms with E-state index in [2.05, 4.69) is 0 Å². The highest BCUT2D eigenvalue weighted by atomic mass is 16.4. The van der Waals surface area contributed by atoms with Gasteiger partial charge in [-0.15, -0.1) is 0 Å². The average Bonchev–Trinajstić information content (AvgIpc) is 2.48. The molecule has 0 spiro atoms. The maximum absolute atomic E-state index is 12.3. The van der Waals surface area contributed by atoms with Gasteiger partial charge in [0.15, 0.2) is 17.2 Å². The summed E-state index contributed by atoms with van der Waals surface area (Å²) in [4.78, 5) is 58.5. The molecule has 5 atom stereocenters. The summed E-state index contributed by atoms with van der Waals surface area (Å²) in [6.45, 7) is 3.20. The normalized spacial score (nSPS) is 19.8. The van der Waals surface area contributed by atoms with Crippen molar-refractivity contribution >= 4 is 29.5 Å². The molecule has 0 aliphatic rings. The van der Waals surface area contributed by atoms with E-state index in [-0.39, 0.29) is 6.29 Å². The number of ketones is 3. The van der Waals surface area contributed by atoms with E-state index < -0.39 is 52.7 Å². The van der Waals surface area contributed by atoms with Gasteiger partial charge in [0.2, 0.25) is 17.3 Å². The van der Waals surface area contributed by atoms with Crippen LogP contribution in [0.15, 0.2) is 0 Å². The first-order chi connectivity index (χ1) is 10.8. The average molecular weight is 347 g/mol. The van der Waals surface area contributed by atoms with Crippen molar-refractivity contribution in [3.05, 3.63) is 0 Å². The van der Waals surface area contributed by atoms with Crippen LogP contribution in [0.3, 0.4) is 0 Å². The van der Waals surface area contributed by atoms with Crippen molar-refractivity contribution < 1.29 is 44.4 Å². The Balaban J connectivity index is 6.52. The Hall–Kier alpha value is -2.01. The van der Waals surface area contributed by atoms with Crippen molar-refractivity contribution in [2.75, 3.05) is 0 Å². The maximum atomic E-state index is 12.3. The predicted octanol–water partition coefficient (Wildman–Crippen LogP) is -3.36. The molecule has 24 heavy (non-hydrogen) atoms. The lowest BCUT2D eigenvalue weighted by Gasteiger charge is -2.42. The second kappa shape index (κ2) is 7.71. The molecule has 0 bridgehead atoms. The third-order valence-corrected chi connectivity index (χ3v) is 3.62. The van der Waals surface area contributed by atoms with Gasteiger partial charge >= 0.3 is 0 Å². The standard InChI is InChI=1S/C14H21NO9/c1-6(17)11(21)12(22)14(24,8(3)19)13(23,7(2)18)10(5-16)15-9(4)20/h5-6,10-11,17,21,23-24H,1-4H3,(H,15,20)/t6?,10-,11?,13+,14-/m0/s1. The van der Waals surface area contributed by atoms with Crippen LogP contribution in [-0.4, -0.2) is 79.4 Å². The molecule has 10 nitrogen and oxygen atoms in total. The van der Waals surface area contributed by atoms with E-state index in [1.54, 1.807) is 0 Å². The van der Waals surface area contributed by atoms with Crippen LogP contribution >= 0.6 is 0 Å². The van der Waals surface area contributed by atoms with Gasteiger partial charge in [0.1, 0.15) is 18.4 Å². The zero-order valence-corrected chi connectivity index (χ0v) is 13.6. The van der Waals surface area contributed by atoms with Crippen molar-refractivity contribution in [2.24, 2.45) is 0 Å². The number of amides is 1. The molecule has 0 aliphatic heterocycles. The van der Waals surface area contributed by atoms with E-state index in [1.165, 1.54) is 0 Å². The van der Waals surface area contributed by atoms with Gasteiger partial charge in [-0.3, -0.25) is 19.2 Å². The summed E-state index contributed by atoms with van der Waals surface area (Å²) in [5.41, 5.74) is -6.97. The molecule has 0 aromatic heterocycles. The van der Waals surface area contributed by atoms with Crippen molar-refractivity contribution in [3.8, 4) is 0 Å². The molecule has 0 aromatic carbocycles. The highest BCUT2D eigenvalue weighted by Gasteiger charge is 2.66. The molecular formula is C14H21NO9. The van der Waals surface area contributed by atoms with Crippen molar-refractivity contribution in [1.29, 1.82) is 0 Å². The predicted molar refractivity (Wildman–Crippen MR) is 77.6 cm³/mol. The van der Waals surface area contributed by atoms with Crippen molar-refractivity contribution in [2.45, 2.75) is 57.1 Å². The Bertz CT molecular complexity index is 558. The molecule has 5 N–H and O–H groups in total. The SMILES string of the molecule is CC(=O)N[C@@H](C=O)[C@](O)(C(C)=O)[C@](O)(C(C)=O)C(=O)C(O)C(C)O. The van der Waals surface area contributed by atoms with E-state index >= 15 is 0 Å². The minimum absolute atomic E-state index is 0.140. The summed E-state index contributed by atoms with van der Waals surface area (Å²) in [7, 11) is 0. The monoisotopic (exact) mass is 347 g/mol. The molecule has 0 aromatic rings. The molecule has 0 heterocycles. The number of nitrogens with one attached hydrogen (secondary N) is 1. The van der Waals surface area contributed by atoms with Gasteiger partial charge in [-0.25, -0.2) is 0 Å². The summed E-state index contributed by atoms with van der Waals surface area (Å²) in [6.07, 6.45) is -4.23. The molecule has 0 radical (unpaired) electrons. The fourth-order valence-corrected chi connectivity index (χ4v) is 2.22. The highest BCUT2D eigenvalue weighted by Crippen LogP contribution is 2.31. The fraction of sp³-hybridized carbons (Fsp3) is 0.643. The number of hydrogen-bond donors (Lipinski definition) is 5. The largest absolute Gasteiger partial charge is 0.390 e. The van der Waals surface area contributed by atoms with Crippen LogP contribution < -0.4 is 5.32 Å². The zero-order valence-electron chi connectivity index (χ0n) is 13.6. The van der Waals surface area contributed by atoms with Crippen LogP contribution in [0, 0.1) is 0 Å². The molecule has 1 amide bonds. The number of carbonyl (C=O) groups excluding carboxylic acids is 5. The second-order valence-corrected chi connectivity index (χ2v) is 5.45. The Labute approximate surface area is 137 Å². The summed E-state index contributed by atoms with van der Waals surface area (Å²) in [5, 5.41) is 41.9. The van der Waals surface area contributed by atoms with Gasteiger partial charge in [0, 0.05) is 6.92 Å². The molecule has 2 unspecified atom stereocenters. The van der Waals surface area contributed by atoms with Crippen LogP contribution in [0.5, 0.6) is 0 Å². The molecule has 0 saturated carbocycles. The van der Waals surface area contributed by atoms with E-state index in [1.807, 2.05) is 5.32 Å². The van der Waals surface area contributed by atoms with Gasteiger partial charge in [-0.1, -0.05) is 0 Å². The van der Waals surface area contributed by atoms with E-state index in [0.717, 1.165) is 13.8 Å². The Morgan fingerprint density at radius 3 is 1.71 bits per heavy atom. The Morgan fingerprint density at radius 1 is 1.00 bits per heavy atom. The quantitative estimate of drug-likeness (QED) is 0.210. The third kappa shape index (κ3) is 3.56. The number of aldehydes is 1. The summed E-state index contributed by atoms with van der Waals surface area (Å²) in [5.74, 6) is -5.56. The van der Waals surface area contributed by atoms with Crippen LogP contribution in [0.1, 0.15) is 27.7 Å². The summed E-state index contributed by atoms with van der Waals surface area (Å²) >= 11 is 0. The van der Waals surface area contributed by atoms with Gasteiger partial charge in [0.05, 0.1) is 6.10 Å². The number of carbonyl (C=O) groups is 5. The second-order valence-electron chi connectivity index (χ2n) is 5.45. The Morgan fingerprint density at radius 2 is 1.46 bits per heavy atom. The number of Topliss-reactive ketones (excluding diaryl/α,β-unsaturated/α-hetero) is 3. The smallest absolute Gasteiger partial charge is 0.222 e. The van der Waals surface area contributed by atoms with Crippen LogP contribution in [-0.2, 0) is 24.0 Å². The van der Waals surface area contributed by atoms with Gasteiger partial charge in [-0.05, 0) is 20.8 Å². The minimum atomic E-state index is -3.58. The third-order valence-electron chi connectivity index (χ3n) is 3.62. The van der Waals surface area contributed by atoms with E-state index in [0.29, 0.717) is 13.8 Å². The lowest BCUT2D eigenvalue weighted by Crippen LogP contribution is -2.76. The number of hydrogen-bond acceptors (Lipinski definition) is 9. The number of aliphatic hydroxyl groups is 4. The maximum Gasteiger partial charge on any atom is 0.222 e. The van der Waals surface area contributed by atoms with Gasteiger partial charge < -0.3 is 30.5 Å². The van der Waals surface area contributed by atoms with Crippen molar-refractivity contribution in [3.63, 3.8) is 0 Å². The first-order valence-corrected chi connectivity index (χ1v) is 6.88. The van der Waals surface area contributed by atoms with Gasteiger partial charge in [-0.2, -0.15) is 0 Å². The van der Waals surface area contributed by atoms with E-state index in [9.17, 15) is 44.4 Å². The summed E-state index contributed by atoms with van der Waals surface area (Å²) in [6, 6.07) is -2.16. The molecule has 10 heteroatoms. The number of rotatable bonds is 9. The lowest BCUT2D eigenvalue weighted by atomic mass is 9.69. The molecular weight excluding hydrogens is 326 g/mol. The first kappa shape index (κ1) is 22.0. The number of aliphatic hydroxyl groups excluding tert-OH is 2.